The number of halogens is 4. The van der Waals surface area contributed by atoms with Crippen molar-refractivity contribution in [1.29, 1.82) is 10.8 Å². The Bertz CT molecular complexity index is 1430. The van der Waals surface area contributed by atoms with E-state index in [0.29, 0.717) is 27.3 Å². The number of aromatic nitrogens is 2. The minimum atomic E-state index is -4.73. The van der Waals surface area contributed by atoms with Crippen LogP contribution >= 0.6 is 11.6 Å². The molecule has 3 aromatic carbocycles. The Hall–Kier alpha value is -3.69. The van der Waals surface area contributed by atoms with Crippen LogP contribution in [0.2, 0.25) is 5.02 Å². The Balaban J connectivity index is 1.74. The van der Waals surface area contributed by atoms with Crippen molar-refractivity contribution in [3.8, 4) is 11.1 Å². The van der Waals surface area contributed by atoms with Gasteiger partial charge in [0.25, 0.3) is 0 Å². The van der Waals surface area contributed by atoms with Gasteiger partial charge in [0.15, 0.2) is 6.10 Å². The van der Waals surface area contributed by atoms with Crippen LogP contribution < -0.4 is 10.5 Å². The SMILES string of the molecule is CN(c1cccc(-c2ccc(C(O)C(F)(F)F)cc2)c1)c1nc(=N)n(C=N)c2cc(Cl)ccc12. The standard InChI is InChI=1S/C24H19ClF3N5O/c1-32(22-19-10-9-17(25)12-20(19)33(13-29)23(30)31-22)18-4-2-3-16(11-18)14-5-7-15(8-6-14)21(34)24(26,27)28/h2-13,21,29-30,34H,1H3. The van der Waals surface area contributed by atoms with E-state index >= 15 is 0 Å². The normalized spacial score (nSPS) is 12.5. The van der Waals surface area contributed by atoms with E-state index in [9.17, 15) is 18.3 Å². The van der Waals surface area contributed by atoms with E-state index in [2.05, 4.69) is 4.98 Å². The Morgan fingerprint density at radius 1 is 1.06 bits per heavy atom. The zero-order valence-corrected chi connectivity index (χ0v) is 18.6. The summed E-state index contributed by atoms with van der Waals surface area (Å²) in [7, 11) is 1.78. The number of nitrogens with one attached hydrogen (secondary N) is 2. The molecule has 0 aliphatic rings. The van der Waals surface area contributed by atoms with Crippen molar-refractivity contribution in [2.24, 2.45) is 0 Å². The van der Waals surface area contributed by atoms with Crippen LogP contribution in [0.4, 0.5) is 24.7 Å². The van der Waals surface area contributed by atoms with E-state index in [1.807, 2.05) is 18.2 Å². The molecule has 10 heteroatoms. The van der Waals surface area contributed by atoms with E-state index in [1.54, 1.807) is 36.2 Å². The van der Waals surface area contributed by atoms with Crippen LogP contribution in [0.3, 0.4) is 0 Å². The largest absolute Gasteiger partial charge is 0.418 e. The van der Waals surface area contributed by atoms with E-state index < -0.39 is 12.3 Å². The summed E-state index contributed by atoms with van der Waals surface area (Å²) in [6.45, 7) is 0. The molecule has 3 N–H and O–H groups in total. The third kappa shape index (κ3) is 4.40. The molecular formula is C24H19ClF3N5O. The lowest BCUT2D eigenvalue weighted by molar-refractivity contribution is -0.206. The minimum absolute atomic E-state index is 0.137. The van der Waals surface area contributed by atoms with Gasteiger partial charge in [0.05, 0.1) is 11.9 Å². The summed E-state index contributed by atoms with van der Waals surface area (Å²) in [6.07, 6.45) is -6.27. The number of benzene rings is 3. The van der Waals surface area contributed by atoms with Gasteiger partial charge in [-0.15, -0.1) is 0 Å². The molecule has 34 heavy (non-hydrogen) atoms. The van der Waals surface area contributed by atoms with Gasteiger partial charge in [0, 0.05) is 23.1 Å². The maximum absolute atomic E-state index is 12.8. The molecule has 0 amide bonds. The van der Waals surface area contributed by atoms with Crippen LogP contribution in [0.25, 0.3) is 22.0 Å². The van der Waals surface area contributed by atoms with Crippen molar-refractivity contribution < 1.29 is 18.3 Å². The maximum atomic E-state index is 12.8. The van der Waals surface area contributed by atoms with Gasteiger partial charge in [0.2, 0.25) is 5.62 Å². The number of aliphatic hydroxyl groups is 1. The topological polar surface area (TPSA) is 89.0 Å². The fourth-order valence-electron chi connectivity index (χ4n) is 3.67. The van der Waals surface area contributed by atoms with Gasteiger partial charge in [-0.1, -0.05) is 48.0 Å². The molecule has 4 aromatic rings. The summed E-state index contributed by atoms with van der Waals surface area (Å²) in [4.78, 5) is 6.15. The second-order valence-electron chi connectivity index (χ2n) is 7.60. The highest BCUT2D eigenvalue weighted by molar-refractivity contribution is 6.31. The summed E-state index contributed by atoms with van der Waals surface area (Å²) >= 11 is 6.13. The molecule has 0 bridgehead atoms. The summed E-state index contributed by atoms with van der Waals surface area (Å²) in [5.41, 5.74) is 2.34. The molecule has 1 unspecified atom stereocenters. The van der Waals surface area contributed by atoms with E-state index in [1.165, 1.54) is 28.8 Å². The molecule has 1 heterocycles. The first kappa shape index (κ1) is 23.5. The van der Waals surface area contributed by atoms with Crippen molar-refractivity contribution in [2.45, 2.75) is 12.3 Å². The number of alkyl halides is 3. The number of anilines is 2. The highest BCUT2D eigenvalue weighted by atomic mass is 35.5. The second-order valence-corrected chi connectivity index (χ2v) is 8.03. The van der Waals surface area contributed by atoms with Crippen molar-refractivity contribution in [3.63, 3.8) is 0 Å². The second kappa shape index (κ2) is 8.92. The van der Waals surface area contributed by atoms with Crippen molar-refractivity contribution in [3.05, 3.63) is 82.9 Å². The van der Waals surface area contributed by atoms with E-state index in [4.69, 9.17) is 22.4 Å². The molecule has 1 atom stereocenters. The zero-order chi connectivity index (χ0) is 24.6. The average Bonchev–Trinajstić information content (AvgIpc) is 2.82. The third-order valence-electron chi connectivity index (χ3n) is 5.45. The number of hydrogen-bond donors (Lipinski definition) is 3. The number of aliphatic hydroxyl groups excluding tert-OH is 1. The zero-order valence-electron chi connectivity index (χ0n) is 17.8. The Kier molecular flexibility index (Phi) is 6.16. The molecule has 0 spiro atoms. The first-order valence-electron chi connectivity index (χ1n) is 10.1. The quantitative estimate of drug-likeness (QED) is 0.252. The van der Waals surface area contributed by atoms with Crippen LogP contribution in [0, 0.1) is 10.8 Å². The van der Waals surface area contributed by atoms with Gasteiger partial charge < -0.3 is 10.0 Å². The fourth-order valence-corrected chi connectivity index (χ4v) is 3.84. The maximum Gasteiger partial charge on any atom is 0.418 e. The lowest BCUT2D eigenvalue weighted by Gasteiger charge is -2.22. The van der Waals surface area contributed by atoms with Crippen LogP contribution in [0.5, 0.6) is 0 Å². The Morgan fingerprint density at radius 2 is 1.76 bits per heavy atom. The monoisotopic (exact) mass is 485 g/mol. The van der Waals surface area contributed by atoms with Crippen LogP contribution in [-0.2, 0) is 0 Å². The van der Waals surface area contributed by atoms with Crippen molar-refractivity contribution in [2.75, 3.05) is 11.9 Å². The number of nitrogens with zero attached hydrogens (tertiary/aromatic N) is 3. The van der Waals surface area contributed by atoms with Crippen LogP contribution in [-0.4, -0.2) is 34.2 Å². The highest BCUT2D eigenvalue weighted by Crippen LogP contribution is 2.35. The van der Waals surface area contributed by atoms with Gasteiger partial charge in [-0.3, -0.25) is 15.4 Å². The Labute approximate surface area is 197 Å². The molecule has 0 aliphatic carbocycles. The molecular weight excluding hydrogens is 467 g/mol. The predicted octanol–water partition coefficient (Wildman–Crippen LogP) is 5.65. The summed E-state index contributed by atoms with van der Waals surface area (Å²) in [6, 6.07) is 18.0. The number of hydrogen-bond acceptors (Lipinski definition) is 5. The number of fused-ring (bicyclic) bond motifs is 1. The summed E-state index contributed by atoms with van der Waals surface area (Å²) in [5.74, 6) is 0.482. The Morgan fingerprint density at radius 3 is 2.41 bits per heavy atom. The van der Waals surface area contributed by atoms with Crippen LogP contribution in [0.15, 0.2) is 66.7 Å². The molecule has 0 fully saturated rings. The predicted molar refractivity (Wildman–Crippen MR) is 126 cm³/mol. The molecule has 4 rings (SSSR count). The molecule has 0 saturated heterocycles. The number of rotatable bonds is 5. The van der Waals surface area contributed by atoms with Gasteiger partial charge in [0.1, 0.15) is 5.82 Å². The van der Waals surface area contributed by atoms with E-state index in [0.717, 1.165) is 17.6 Å². The fraction of sp³-hybridized carbons (Fsp3) is 0.125. The van der Waals surface area contributed by atoms with Gasteiger partial charge >= 0.3 is 6.18 Å². The molecule has 1 aromatic heterocycles. The molecule has 6 nitrogen and oxygen atoms in total. The lowest BCUT2D eigenvalue weighted by Crippen LogP contribution is -2.26. The molecule has 0 saturated carbocycles. The van der Waals surface area contributed by atoms with E-state index in [-0.39, 0.29) is 11.2 Å². The smallest absolute Gasteiger partial charge is 0.379 e. The van der Waals surface area contributed by atoms with Gasteiger partial charge in [-0.25, -0.2) is 0 Å². The minimum Gasteiger partial charge on any atom is -0.379 e. The molecule has 0 radical (unpaired) electrons. The summed E-state index contributed by atoms with van der Waals surface area (Å²) in [5, 5.41) is 26.4. The highest BCUT2D eigenvalue weighted by Gasteiger charge is 2.39. The molecule has 174 valence electrons. The van der Waals surface area contributed by atoms with Crippen LogP contribution in [0.1, 0.15) is 11.7 Å². The molecule has 0 aliphatic heterocycles. The van der Waals surface area contributed by atoms with Gasteiger partial charge in [-0.2, -0.15) is 18.2 Å². The third-order valence-corrected chi connectivity index (χ3v) is 5.69. The van der Waals surface area contributed by atoms with Gasteiger partial charge in [-0.05, 0) is 47.0 Å². The first-order valence-corrected chi connectivity index (χ1v) is 10.4. The average molecular weight is 486 g/mol. The lowest BCUT2D eigenvalue weighted by atomic mass is 10.0. The first-order chi connectivity index (χ1) is 16.1. The van der Waals surface area contributed by atoms with Crippen molar-refractivity contribution in [1.82, 2.24) is 9.55 Å². The summed E-state index contributed by atoms with van der Waals surface area (Å²) < 4.78 is 39.6. The van der Waals surface area contributed by atoms with Crippen molar-refractivity contribution >= 4 is 40.3 Å².